The summed E-state index contributed by atoms with van der Waals surface area (Å²) in [5.74, 6) is 0. The fourth-order valence-electron chi connectivity index (χ4n) is 0. The Labute approximate surface area is 52.8 Å². The number of aliphatic hydroxyl groups excluding tert-OH is 4. The molecule has 0 amide bonds. The van der Waals surface area contributed by atoms with Gasteiger partial charge in [0.25, 0.3) is 0 Å². The van der Waals surface area contributed by atoms with Crippen LogP contribution in [0.4, 0.5) is 0 Å². The Kier molecular flexibility index (Phi) is 13.8. The summed E-state index contributed by atoms with van der Waals surface area (Å²) in [5.41, 5.74) is 0. The van der Waals surface area contributed by atoms with Crippen LogP contribution in [0.15, 0.2) is 0 Å². The van der Waals surface area contributed by atoms with E-state index in [1.807, 2.05) is 0 Å². The van der Waals surface area contributed by atoms with Crippen molar-refractivity contribution in [2.24, 2.45) is 0 Å². The second-order valence-corrected chi connectivity index (χ2v) is 1.11. The van der Waals surface area contributed by atoms with Gasteiger partial charge in [-0.1, -0.05) is 0 Å². The van der Waals surface area contributed by atoms with E-state index < -0.39 is 12.9 Å². The largest absolute Gasteiger partial charge is 0.394 e. The quantitative estimate of drug-likeness (QED) is 0.268. The fraction of sp³-hybridized carbons (Fsp3) is 1.00. The van der Waals surface area contributed by atoms with Crippen molar-refractivity contribution in [3.63, 3.8) is 0 Å². The zero-order chi connectivity index (χ0) is 7.70. The molecule has 0 aliphatic rings. The smallest absolute Gasteiger partial charge is 0.175 e. The minimum Gasteiger partial charge on any atom is -0.394 e. The molecule has 0 bridgehead atoms. The SMILES string of the molecule is OCC(O)O.OCCO. The predicted octanol–water partition coefficient (Wildman–Crippen LogP) is -2.74. The molecule has 5 N–H and O–H groups in total. The van der Waals surface area contributed by atoms with E-state index in [9.17, 15) is 0 Å². The van der Waals surface area contributed by atoms with E-state index in [1.165, 1.54) is 0 Å². The lowest BCUT2D eigenvalue weighted by molar-refractivity contribution is -0.0747. The van der Waals surface area contributed by atoms with Crippen LogP contribution < -0.4 is 0 Å². The molecular weight excluding hydrogens is 128 g/mol. The van der Waals surface area contributed by atoms with Crippen molar-refractivity contribution in [1.82, 2.24) is 0 Å². The molecule has 0 spiro atoms. The van der Waals surface area contributed by atoms with Crippen molar-refractivity contribution in [3.05, 3.63) is 0 Å². The molecule has 0 saturated heterocycles. The van der Waals surface area contributed by atoms with Crippen LogP contribution in [0, 0.1) is 0 Å². The van der Waals surface area contributed by atoms with Crippen molar-refractivity contribution in [1.29, 1.82) is 0 Å². The van der Waals surface area contributed by atoms with Gasteiger partial charge in [-0.2, -0.15) is 0 Å². The summed E-state index contributed by atoms with van der Waals surface area (Å²) >= 11 is 0. The summed E-state index contributed by atoms with van der Waals surface area (Å²) in [7, 11) is 0. The summed E-state index contributed by atoms with van der Waals surface area (Å²) < 4.78 is 0. The fourth-order valence-corrected chi connectivity index (χ4v) is 0. The number of aliphatic hydroxyl groups is 5. The molecule has 0 fully saturated rings. The van der Waals surface area contributed by atoms with E-state index in [1.54, 1.807) is 0 Å². The maximum absolute atomic E-state index is 7.67. The minimum atomic E-state index is -1.56. The highest BCUT2D eigenvalue weighted by Gasteiger charge is 1.85. The summed E-state index contributed by atoms with van der Waals surface area (Å²) in [6.45, 7) is -0.833. The molecule has 0 unspecified atom stereocenters. The molecule has 0 aromatic carbocycles. The van der Waals surface area contributed by atoms with Crippen molar-refractivity contribution in [2.75, 3.05) is 19.8 Å². The maximum atomic E-state index is 7.67. The average Bonchev–Trinajstić information content (AvgIpc) is 1.89. The Hall–Kier alpha value is -0.200. The second kappa shape index (κ2) is 10.7. The number of hydrogen-bond donors (Lipinski definition) is 5. The van der Waals surface area contributed by atoms with Crippen LogP contribution in [-0.4, -0.2) is 51.6 Å². The highest BCUT2D eigenvalue weighted by atomic mass is 16.5. The molecule has 5 nitrogen and oxygen atoms in total. The standard InChI is InChI=1S/C2H6O3.C2H6O2/c3-1-2(4)5;3-1-2-4/h2-5H,1H2;3-4H,1-2H2. The molecule has 9 heavy (non-hydrogen) atoms. The molecule has 0 aliphatic carbocycles. The third kappa shape index (κ3) is 33.5. The molecule has 5 heteroatoms. The van der Waals surface area contributed by atoms with E-state index in [0.717, 1.165) is 0 Å². The molecule has 0 rings (SSSR count). The average molecular weight is 140 g/mol. The molecule has 0 radical (unpaired) electrons. The van der Waals surface area contributed by atoms with Gasteiger partial charge in [0.2, 0.25) is 0 Å². The van der Waals surface area contributed by atoms with Gasteiger partial charge in [0, 0.05) is 0 Å². The zero-order valence-electron chi connectivity index (χ0n) is 4.93. The Balaban J connectivity index is 0. The first-order chi connectivity index (χ1) is 4.18. The van der Waals surface area contributed by atoms with Gasteiger partial charge in [-0.15, -0.1) is 0 Å². The first-order valence-corrected chi connectivity index (χ1v) is 2.37. The topological polar surface area (TPSA) is 101 Å². The Morgan fingerprint density at radius 3 is 1.11 bits per heavy atom. The predicted molar refractivity (Wildman–Crippen MR) is 29.5 cm³/mol. The third-order valence-electron chi connectivity index (χ3n) is 0.263. The lowest BCUT2D eigenvalue weighted by Gasteiger charge is -1.89. The third-order valence-corrected chi connectivity index (χ3v) is 0.263. The number of hydrogen-bond acceptors (Lipinski definition) is 5. The van der Waals surface area contributed by atoms with Crippen molar-refractivity contribution < 1.29 is 25.5 Å². The van der Waals surface area contributed by atoms with E-state index in [2.05, 4.69) is 0 Å². The molecule has 0 aromatic heterocycles. The van der Waals surface area contributed by atoms with Gasteiger partial charge in [-0.3, -0.25) is 0 Å². The molecule has 0 aromatic rings. The van der Waals surface area contributed by atoms with Gasteiger partial charge < -0.3 is 25.5 Å². The van der Waals surface area contributed by atoms with Gasteiger partial charge in [0.05, 0.1) is 19.8 Å². The van der Waals surface area contributed by atoms with Gasteiger partial charge in [-0.25, -0.2) is 0 Å². The summed E-state index contributed by atoms with van der Waals surface area (Å²) in [5, 5.41) is 38.2. The first-order valence-electron chi connectivity index (χ1n) is 2.37. The second-order valence-electron chi connectivity index (χ2n) is 1.11. The van der Waals surface area contributed by atoms with Crippen LogP contribution >= 0.6 is 0 Å². The van der Waals surface area contributed by atoms with Crippen LogP contribution in [0.2, 0.25) is 0 Å². The van der Waals surface area contributed by atoms with Crippen molar-refractivity contribution in [3.8, 4) is 0 Å². The van der Waals surface area contributed by atoms with Crippen LogP contribution in [-0.2, 0) is 0 Å². The van der Waals surface area contributed by atoms with Gasteiger partial charge in [0.15, 0.2) is 6.29 Å². The zero-order valence-corrected chi connectivity index (χ0v) is 4.93. The highest BCUT2D eigenvalue weighted by molar-refractivity contribution is 4.20. The van der Waals surface area contributed by atoms with E-state index in [0.29, 0.717) is 0 Å². The van der Waals surface area contributed by atoms with Crippen molar-refractivity contribution in [2.45, 2.75) is 6.29 Å². The summed E-state index contributed by atoms with van der Waals surface area (Å²) in [4.78, 5) is 0. The van der Waals surface area contributed by atoms with Crippen LogP contribution in [0.1, 0.15) is 0 Å². The van der Waals surface area contributed by atoms with Gasteiger partial charge in [-0.05, 0) is 0 Å². The number of rotatable bonds is 2. The van der Waals surface area contributed by atoms with Gasteiger partial charge in [0.1, 0.15) is 0 Å². The minimum absolute atomic E-state index is 0.125. The molecule has 58 valence electrons. The monoisotopic (exact) mass is 140 g/mol. The molecule has 0 heterocycles. The lowest BCUT2D eigenvalue weighted by Crippen LogP contribution is -2.08. The van der Waals surface area contributed by atoms with E-state index in [4.69, 9.17) is 25.5 Å². The van der Waals surface area contributed by atoms with Crippen LogP contribution in [0.5, 0.6) is 0 Å². The first kappa shape index (κ1) is 11.6. The molecule has 0 aliphatic heterocycles. The summed E-state index contributed by atoms with van der Waals surface area (Å²) in [6, 6.07) is 0. The van der Waals surface area contributed by atoms with Crippen LogP contribution in [0.3, 0.4) is 0 Å². The summed E-state index contributed by atoms with van der Waals surface area (Å²) in [6.07, 6.45) is -1.56. The lowest BCUT2D eigenvalue weighted by atomic mass is 10.7. The van der Waals surface area contributed by atoms with E-state index in [-0.39, 0.29) is 13.2 Å². The Morgan fingerprint density at radius 2 is 1.11 bits per heavy atom. The maximum Gasteiger partial charge on any atom is 0.175 e. The Bertz CT molecular complexity index is 35.9. The Morgan fingerprint density at radius 1 is 0.889 bits per heavy atom. The van der Waals surface area contributed by atoms with Crippen molar-refractivity contribution >= 4 is 0 Å². The van der Waals surface area contributed by atoms with Crippen LogP contribution in [0.25, 0.3) is 0 Å². The molecule has 0 saturated carbocycles. The highest BCUT2D eigenvalue weighted by Crippen LogP contribution is 1.62. The normalized spacial score (nSPS) is 8.67. The molecule has 0 atom stereocenters. The van der Waals surface area contributed by atoms with Gasteiger partial charge >= 0.3 is 0 Å². The van der Waals surface area contributed by atoms with E-state index >= 15 is 0 Å². The molecular formula is C4H12O5.